The summed E-state index contributed by atoms with van der Waals surface area (Å²) in [5.41, 5.74) is 1.84. The van der Waals surface area contributed by atoms with Gasteiger partial charge in [0.1, 0.15) is 0 Å². The van der Waals surface area contributed by atoms with Crippen LogP contribution >= 0.6 is 0 Å². The first-order valence-corrected chi connectivity index (χ1v) is 7.57. The molecule has 4 heteroatoms. The van der Waals surface area contributed by atoms with Gasteiger partial charge in [-0.3, -0.25) is 9.78 Å². The molecule has 1 unspecified atom stereocenters. The summed E-state index contributed by atoms with van der Waals surface area (Å²) in [7, 11) is 0. The number of amides is 1. The summed E-state index contributed by atoms with van der Waals surface area (Å²) in [6.45, 7) is 6.51. The summed E-state index contributed by atoms with van der Waals surface area (Å²) >= 11 is 0. The molecule has 0 aliphatic carbocycles. The Bertz CT molecular complexity index is 430. The molecule has 0 radical (unpaired) electrons. The van der Waals surface area contributed by atoms with Crippen LogP contribution < -0.4 is 10.6 Å². The zero-order valence-electron chi connectivity index (χ0n) is 12.5. The summed E-state index contributed by atoms with van der Waals surface area (Å²) in [6, 6.07) is 4.00. The SMILES string of the molecule is CCCC1(C(=O)NCc2ccc(C)nc2)CCCNC1. The lowest BCUT2D eigenvalue weighted by molar-refractivity contribution is -0.132. The number of aryl methyl sites for hydroxylation is 1. The van der Waals surface area contributed by atoms with E-state index in [1.807, 2.05) is 25.3 Å². The normalized spacial score (nSPS) is 22.5. The predicted octanol–water partition coefficient (Wildman–Crippen LogP) is 2.18. The van der Waals surface area contributed by atoms with Gasteiger partial charge in [-0.1, -0.05) is 19.4 Å². The molecular formula is C16H25N3O. The quantitative estimate of drug-likeness (QED) is 0.866. The standard InChI is InChI=1S/C16H25N3O/c1-3-7-16(8-4-9-17-12-16)15(20)19-11-14-6-5-13(2)18-10-14/h5-6,10,17H,3-4,7-9,11-12H2,1-2H3,(H,19,20). The predicted molar refractivity (Wildman–Crippen MR) is 80.3 cm³/mol. The van der Waals surface area contributed by atoms with Crippen molar-refractivity contribution in [2.45, 2.75) is 46.1 Å². The monoisotopic (exact) mass is 275 g/mol. The van der Waals surface area contributed by atoms with E-state index in [1.165, 1.54) is 0 Å². The summed E-state index contributed by atoms with van der Waals surface area (Å²) < 4.78 is 0. The zero-order chi connectivity index (χ0) is 14.4. The summed E-state index contributed by atoms with van der Waals surface area (Å²) in [5, 5.41) is 6.47. The molecule has 1 fully saturated rings. The molecule has 1 aromatic rings. The molecule has 1 amide bonds. The fourth-order valence-corrected chi connectivity index (χ4v) is 2.94. The number of carbonyl (C=O) groups excluding carboxylic acids is 1. The number of nitrogens with one attached hydrogen (secondary N) is 2. The highest BCUT2D eigenvalue weighted by atomic mass is 16.2. The number of aromatic nitrogens is 1. The molecule has 20 heavy (non-hydrogen) atoms. The number of pyridine rings is 1. The maximum Gasteiger partial charge on any atom is 0.227 e. The van der Waals surface area contributed by atoms with E-state index in [1.54, 1.807) is 0 Å². The van der Waals surface area contributed by atoms with Crippen LogP contribution in [0.3, 0.4) is 0 Å². The second kappa shape index (κ2) is 6.84. The van der Waals surface area contributed by atoms with E-state index in [4.69, 9.17) is 0 Å². The molecular weight excluding hydrogens is 250 g/mol. The van der Waals surface area contributed by atoms with Gasteiger partial charge in [0, 0.05) is 25.0 Å². The Morgan fingerprint density at radius 2 is 2.35 bits per heavy atom. The van der Waals surface area contributed by atoms with Crippen LogP contribution in [0.2, 0.25) is 0 Å². The Morgan fingerprint density at radius 1 is 1.50 bits per heavy atom. The first-order valence-electron chi connectivity index (χ1n) is 7.57. The molecule has 0 bridgehead atoms. The lowest BCUT2D eigenvalue weighted by Gasteiger charge is -2.36. The number of hydrogen-bond donors (Lipinski definition) is 2. The van der Waals surface area contributed by atoms with E-state index < -0.39 is 0 Å². The number of piperidine rings is 1. The molecule has 1 saturated heterocycles. The summed E-state index contributed by atoms with van der Waals surface area (Å²) in [4.78, 5) is 16.8. The Morgan fingerprint density at radius 3 is 2.95 bits per heavy atom. The van der Waals surface area contributed by atoms with Gasteiger partial charge in [0.2, 0.25) is 5.91 Å². The van der Waals surface area contributed by atoms with E-state index in [0.29, 0.717) is 6.54 Å². The average molecular weight is 275 g/mol. The third-order valence-electron chi connectivity index (χ3n) is 4.11. The molecule has 0 spiro atoms. The van der Waals surface area contributed by atoms with Crippen molar-refractivity contribution in [1.82, 2.24) is 15.6 Å². The lowest BCUT2D eigenvalue weighted by Crippen LogP contribution is -2.50. The maximum absolute atomic E-state index is 12.6. The highest BCUT2D eigenvalue weighted by molar-refractivity contribution is 5.83. The highest BCUT2D eigenvalue weighted by Crippen LogP contribution is 2.31. The summed E-state index contributed by atoms with van der Waals surface area (Å²) in [5.74, 6) is 0.187. The van der Waals surface area contributed by atoms with E-state index in [9.17, 15) is 4.79 Å². The first kappa shape index (κ1) is 15.0. The van der Waals surface area contributed by atoms with E-state index in [2.05, 4.69) is 22.5 Å². The number of carbonyl (C=O) groups is 1. The lowest BCUT2D eigenvalue weighted by atomic mass is 9.76. The molecule has 1 atom stereocenters. The molecule has 1 aromatic heterocycles. The molecule has 1 aliphatic rings. The third-order valence-corrected chi connectivity index (χ3v) is 4.11. The number of nitrogens with zero attached hydrogens (tertiary/aromatic N) is 1. The van der Waals surface area contributed by atoms with Gasteiger partial charge in [-0.2, -0.15) is 0 Å². The van der Waals surface area contributed by atoms with Crippen LogP contribution in [-0.2, 0) is 11.3 Å². The van der Waals surface area contributed by atoms with Gasteiger partial charge in [-0.25, -0.2) is 0 Å². The van der Waals surface area contributed by atoms with Gasteiger partial charge in [0.05, 0.1) is 5.41 Å². The molecule has 0 saturated carbocycles. The third kappa shape index (κ3) is 3.57. The smallest absolute Gasteiger partial charge is 0.227 e. The van der Waals surface area contributed by atoms with Crippen molar-refractivity contribution < 1.29 is 4.79 Å². The molecule has 4 nitrogen and oxygen atoms in total. The van der Waals surface area contributed by atoms with Crippen LogP contribution in [0.1, 0.15) is 43.9 Å². The Labute approximate surface area is 121 Å². The van der Waals surface area contributed by atoms with Crippen molar-refractivity contribution in [3.8, 4) is 0 Å². The fourth-order valence-electron chi connectivity index (χ4n) is 2.94. The van der Waals surface area contributed by atoms with Crippen LogP contribution in [0.5, 0.6) is 0 Å². The van der Waals surface area contributed by atoms with E-state index in [-0.39, 0.29) is 11.3 Å². The molecule has 2 rings (SSSR count). The first-order chi connectivity index (χ1) is 9.66. The van der Waals surface area contributed by atoms with Crippen LogP contribution in [0.15, 0.2) is 18.3 Å². The Hall–Kier alpha value is -1.42. The molecule has 2 heterocycles. The van der Waals surface area contributed by atoms with E-state index in [0.717, 1.165) is 50.0 Å². The van der Waals surface area contributed by atoms with Gasteiger partial charge in [0.25, 0.3) is 0 Å². The van der Waals surface area contributed by atoms with Crippen molar-refractivity contribution in [2.75, 3.05) is 13.1 Å². The Kier molecular flexibility index (Phi) is 5.12. The topological polar surface area (TPSA) is 54.0 Å². The number of hydrogen-bond acceptors (Lipinski definition) is 3. The van der Waals surface area contributed by atoms with Crippen LogP contribution in [0.4, 0.5) is 0 Å². The second-order valence-electron chi connectivity index (χ2n) is 5.80. The van der Waals surface area contributed by atoms with E-state index >= 15 is 0 Å². The van der Waals surface area contributed by atoms with Gasteiger partial charge < -0.3 is 10.6 Å². The minimum atomic E-state index is -0.217. The second-order valence-corrected chi connectivity index (χ2v) is 5.80. The van der Waals surface area contributed by atoms with Crippen molar-refractivity contribution in [3.05, 3.63) is 29.6 Å². The zero-order valence-corrected chi connectivity index (χ0v) is 12.5. The number of rotatable bonds is 5. The maximum atomic E-state index is 12.6. The van der Waals surface area contributed by atoms with Crippen molar-refractivity contribution >= 4 is 5.91 Å². The van der Waals surface area contributed by atoms with Gasteiger partial charge in [-0.05, 0) is 44.4 Å². The molecule has 1 aliphatic heterocycles. The molecule has 2 N–H and O–H groups in total. The minimum Gasteiger partial charge on any atom is -0.351 e. The minimum absolute atomic E-state index is 0.187. The van der Waals surface area contributed by atoms with Crippen LogP contribution in [0.25, 0.3) is 0 Å². The Balaban J connectivity index is 1.96. The van der Waals surface area contributed by atoms with Crippen LogP contribution in [0, 0.1) is 12.3 Å². The average Bonchev–Trinajstić information content (AvgIpc) is 2.47. The molecule has 110 valence electrons. The largest absolute Gasteiger partial charge is 0.351 e. The van der Waals surface area contributed by atoms with Crippen molar-refractivity contribution in [1.29, 1.82) is 0 Å². The fraction of sp³-hybridized carbons (Fsp3) is 0.625. The highest BCUT2D eigenvalue weighted by Gasteiger charge is 2.38. The summed E-state index contributed by atoms with van der Waals surface area (Å²) in [6.07, 6.45) is 5.91. The van der Waals surface area contributed by atoms with Crippen LogP contribution in [-0.4, -0.2) is 24.0 Å². The molecule has 0 aromatic carbocycles. The van der Waals surface area contributed by atoms with Crippen molar-refractivity contribution in [3.63, 3.8) is 0 Å². The van der Waals surface area contributed by atoms with Gasteiger partial charge in [-0.15, -0.1) is 0 Å². The van der Waals surface area contributed by atoms with Gasteiger partial charge in [0.15, 0.2) is 0 Å². The van der Waals surface area contributed by atoms with Gasteiger partial charge >= 0.3 is 0 Å². The van der Waals surface area contributed by atoms with Crippen molar-refractivity contribution in [2.24, 2.45) is 5.41 Å².